The van der Waals surface area contributed by atoms with E-state index in [0.717, 1.165) is 19.3 Å². The summed E-state index contributed by atoms with van der Waals surface area (Å²) in [5.74, 6) is -0.680. The number of nitrogens with two attached hydrogens (primary N) is 2. The Kier molecular flexibility index (Phi) is 3.46. The molecule has 0 saturated heterocycles. The first-order valence-corrected chi connectivity index (χ1v) is 4.81. The van der Waals surface area contributed by atoms with Crippen LogP contribution in [0.3, 0.4) is 0 Å². The van der Waals surface area contributed by atoms with Crippen molar-refractivity contribution in [1.29, 1.82) is 0 Å². The molecule has 0 aromatic heterocycles. The minimum absolute atomic E-state index is 0.0257. The molecular weight excluding hydrogens is 182 g/mol. The van der Waals surface area contributed by atoms with E-state index >= 15 is 0 Å². The van der Waals surface area contributed by atoms with Gasteiger partial charge in [-0.1, -0.05) is 6.42 Å². The lowest BCUT2D eigenvalue weighted by Crippen LogP contribution is -2.43. The van der Waals surface area contributed by atoms with Crippen LogP contribution >= 0.6 is 0 Å². The Labute approximate surface area is 83.4 Å². The number of rotatable bonds is 3. The van der Waals surface area contributed by atoms with E-state index < -0.39 is 5.91 Å². The van der Waals surface area contributed by atoms with Crippen LogP contribution < -0.4 is 11.5 Å². The third kappa shape index (κ3) is 2.45. The third-order valence-corrected chi connectivity index (χ3v) is 2.66. The molecule has 5 nitrogen and oxygen atoms in total. The lowest BCUT2D eigenvalue weighted by molar-refractivity contribution is -0.137. The molecule has 0 aromatic carbocycles. The maximum atomic E-state index is 11.7. The summed E-state index contributed by atoms with van der Waals surface area (Å²) in [4.78, 5) is 23.7. The topological polar surface area (TPSA) is 89.4 Å². The summed E-state index contributed by atoms with van der Waals surface area (Å²) in [7, 11) is 1.58. The zero-order chi connectivity index (χ0) is 10.7. The first kappa shape index (κ1) is 11.0. The van der Waals surface area contributed by atoms with Gasteiger partial charge in [0.2, 0.25) is 11.8 Å². The number of nitrogens with zero attached hydrogens (tertiary/aromatic N) is 1. The van der Waals surface area contributed by atoms with Gasteiger partial charge in [-0.2, -0.15) is 0 Å². The molecule has 1 saturated carbocycles. The average molecular weight is 199 g/mol. The molecule has 14 heavy (non-hydrogen) atoms. The van der Waals surface area contributed by atoms with Crippen molar-refractivity contribution in [3.63, 3.8) is 0 Å². The second-order valence-electron chi connectivity index (χ2n) is 3.86. The van der Waals surface area contributed by atoms with Crippen LogP contribution in [0.2, 0.25) is 0 Å². The summed E-state index contributed by atoms with van der Waals surface area (Å²) in [6.45, 7) is -0.0257. The lowest BCUT2D eigenvalue weighted by Gasteiger charge is -2.21. The summed E-state index contributed by atoms with van der Waals surface area (Å²) in [6, 6.07) is -0.0576. The zero-order valence-corrected chi connectivity index (χ0v) is 8.40. The van der Waals surface area contributed by atoms with Crippen molar-refractivity contribution in [2.45, 2.75) is 25.3 Å². The van der Waals surface area contributed by atoms with Crippen molar-refractivity contribution < 1.29 is 9.59 Å². The summed E-state index contributed by atoms with van der Waals surface area (Å²) in [5, 5.41) is 0. The van der Waals surface area contributed by atoms with Crippen LogP contribution in [0.15, 0.2) is 0 Å². The van der Waals surface area contributed by atoms with Crippen molar-refractivity contribution in [2.24, 2.45) is 17.4 Å². The van der Waals surface area contributed by atoms with Crippen molar-refractivity contribution >= 4 is 11.8 Å². The summed E-state index contributed by atoms with van der Waals surface area (Å²) < 4.78 is 0. The van der Waals surface area contributed by atoms with Crippen LogP contribution in [0.25, 0.3) is 0 Å². The average Bonchev–Trinajstić information content (AvgIpc) is 2.48. The first-order chi connectivity index (χ1) is 6.52. The maximum Gasteiger partial charge on any atom is 0.237 e. The highest BCUT2D eigenvalue weighted by Gasteiger charge is 2.32. The molecule has 1 aliphatic rings. The standard InChI is InChI=1S/C9H17N3O2/c1-12(5-8(11)13)9(14)6-3-2-4-7(6)10/h6-7H,2-5,10H2,1H3,(H2,11,13). The number of carbonyl (C=O) groups excluding carboxylic acids is 2. The summed E-state index contributed by atoms with van der Waals surface area (Å²) in [6.07, 6.45) is 2.70. The van der Waals surface area contributed by atoms with Gasteiger partial charge in [-0.15, -0.1) is 0 Å². The van der Waals surface area contributed by atoms with Gasteiger partial charge in [0, 0.05) is 13.1 Å². The number of primary amides is 1. The number of carbonyl (C=O) groups is 2. The van der Waals surface area contributed by atoms with Gasteiger partial charge >= 0.3 is 0 Å². The van der Waals surface area contributed by atoms with Gasteiger partial charge in [0.25, 0.3) is 0 Å². The lowest BCUT2D eigenvalue weighted by atomic mass is 10.0. The Balaban J connectivity index is 2.51. The smallest absolute Gasteiger partial charge is 0.237 e. The van der Waals surface area contributed by atoms with Crippen LogP contribution in [0.5, 0.6) is 0 Å². The van der Waals surface area contributed by atoms with Crippen molar-refractivity contribution in [2.75, 3.05) is 13.6 Å². The van der Waals surface area contributed by atoms with E-state index in [1.54, 1.807) is 7.05 Å². The van der Waals surface area contributed by atoms with Crippen LogP contribution in [0.4, 0.5) is 0 Å². The van der Waals surface area contributed by atoms with E-state index in [9.17, 15) is 9.59 Å². The molecule has 80 valence electrons. The van der Waals surface area contributed by atoms with Gasteiger partial charge in [0.15, 0.2) is 0 Å². The van der Waals surface area contributed by atoms with Crippen molar-refractivity contribution in [3.05, 3.63) is 0 Å². The van der Waals surface area contributed by atoms with Gasteiger partial charge < -0.3 is 16.4 Å². The second-order valence-corrected chi connectivity index (χ2v) is 3.86. The fourth-order valence-electron chi connectivity index (χ4n) is 1.89. The molecule has 0 aliphatic heterocycles. The zero-order valence-electron chi connectivity index (χ0n) is 8.40. The molecule has 5 heteroatoms. The molecule has 1 aliphatic carbocycles. The van der Waals surface area contributed by atoms with Crippen LogP contribution in [0, 0.1) is 5.92 Å². The van der Waals surface area contributed by atoms with E-state index in [0.29, 0.717) is 0 Å². The molecule has 2 atom stereocenters. The van der Waals surface area contributed by atoms with Crippen LogP contribution in [-0.2, 0) is 9.59 Å². The highest BCUT2D eigenvalue weighted by molar-refractivity contribution is 5.85. The minimum atomic E-state index is -0.493. The predicted molar refractivity (Wildman–Crippen MR) is 52.1 cm³/mol. The SMILES string of the molecule is CN(CC(N)=O)C(=O)C1CCCC1N. The number of likely N-dealkylation sites (N-methyl/N-ethyl adjacent to an activating group) is 1. The highest BCUT2D eigenvalue weighted by atomic mass is 16.2. The Morgan fingerprint density at radius 2 is 2.07 bits per heavy atom. The molecule has 0 aromatic rings. The van der Waals surface area contributed by atoms with Gasteiger partial charge in [-0.3, -0.25) is 9.59 Å². The molecule has 0 heterocycles. The summed E-state index contributed by atoms with van der Waals surface area (Å²) in [5.41, 5.74) is 10.8. The largest absolute Gasteiger partial charge is 0.368 e. The number of amides is 2. The third-order valence-electron chi connectivity index (χ3n) is 2.66. The molecule has 2 amide bonds. The molecule has 0 bridgehead atoms. The van der Waals surface area contributed by atoms with Gasteiger partial charge in [0.05, 0.1) is 12.5 Å². The predicted octanol–water partition coefficient (Wildman–Crippen LogP) is -0.942. The Morgan fingerprint density at radius 1 is 1.43 bits per heavy atom. The van der Waals surface area contributed by atoms with E-state index in [4.69, 9.17) is 11.5 Å². The van der Waals surface area contributed by atoms with Gasteiger partial charge in [0.1, 0.15) is 0 Å². The molecule has 2 unspecified atom stereocenters. The molecule has 0 radical (unpaired) electrons. The number of hydrogen-bond donors (Lipinski definition) is 2. The van der Waals surface area contributed by atoms with Crippen LogP contribution in [0.1, 0.15) is 19.3 Å². The summed E-state index contributed by atoms with van der Waals surface area (Å²) >= 11 is 0. The Morgan fingerprint density at radius 3 is 2.50 bits per heavy atom. The Hall–Kier alpha value is -1.10. The first-order valence-electron chi connectivity index (χ1n) is 4.81. The van der Waals surface area contributed by atoms with Crippen LogP contribution in [-0.4, -0.2) is 36.3 Å². The fourth-order valence-corrected chi connectivity index (χ4v) is 1.89. The molecular formula is C9H17N3O2. The minimum Gasteiger partial charge on any atom is -0.368 e. The maximum absolute atomic E-state index is 11.7. The molecule has 1 rings (SSSR count). The van der Waals surface area contributed by atoms with E-state index in [2.05, 4.69) is 0 Å². The second kappa shape index (κ2) is 4.41. The number of hydrogen-bond acceptors (Lipinski definition) is 3. The normalized spacial score (nSPS) is 26.1. The molecule has 0 spiro atoms. The monoisotopic (exact) mass is 199 g/mol. The van der Waals surface area contributed by atoms with Crippen molar-refractivity contribution in [3.8, 4) is 0 Å². The quantitative estimate of drug-likeness (QED) is 0.614. The van der Waals surface area contributed by atoms with E-state index in [1.165, 1.54) is 4.90 Å². The van der Waals surface area contributed by atoms with E-state index in [-0.39, 0.29) is 24.4 Å². The Bertz CT molecular complexity index is 242. The molecule has 4 N–H and O–H groups in total. The van der Waals surface area contributed by atoms with Gasteiger partial charge in [-0.05, 0) is 12.8 Å². The highest BCUT2D eigenvalue weighted by Crippen LogP contribution is 2.25. The van der Waals surface area contributed by atoms with Crippen molar-refractivity contribution in [1.82, 2.24) is 4.90 Å². The fraction of sp³-hybridized carbons (Fsp3) is 0.778. The molecule has 1 fully saturated rings. The van der Waals surface area contributed by atoms with Gasteiger partial charge in [-0.25, -0.2) is 0 Å². The van der Waals surface area contributed by atoms with E-state index in [1.807, 2.05) is 0 Å².